The van der Waals surface area contributed by atoms with Crippen molar-refractivity contribution in [2.75, 3.05) is 11.1 Å². The second kappa shape index (κ2) is 11.8. The summed E-state index contributed by atoms with van der Waals surface area (Å²) in [6.45, 7) is 11.1. The van der Waals surface area contributed by atoms with Crippen molar-refractivity contribution in [2.24, 2.45) is 0 Å². The lowest BCUT2D eigenvalue weighted by Crippen LogP contribution is -2.54. The zero-order valence-corrected chi connectivity index (χ0v) is 23.9. The van der Waals surface area contributed by atoms with E-state index in [4.69, 9.17) is 16.3 Å². The Kier molecular flexibility index (Phi) is 9.18. The summed E-state index contributed by atoms with van der Waals surface area (Å²) < 4.78 is 5.35. The van der Waals surface area contributed by atoms with Gasteiger partial charge in [0.15, 0.2) is 0 Å². The normalized spacial score (nSPS) is 14.9. The van der Waals surface area contributed by atoms with E-state index >= 15 is 0 Å². The molecule has 3 rings (SSSR count). The number of thiol groups is 1. The molecule has 200 valence electrons. The number of hydrogen-bond acceptors (Lipinski definition) is 5. The van der Waals surface area contributed by atoms with Crippen molar-refractivity contribution in [1.82, 2.24) is 10.2 Å². The Morgan fingerprint density at radius 3 is 2.30 bits per heavy atom. The molecule has 0 heterocycles. The molecule has 1 aliphatic rings. The number of anilines is 1. The molecule has 2 aromatic rings. The van der Waals surface area contributed by atoms with Crippen LogP contribution in [0.25, 0.3) is 0 Å². The predicted octanol–water partition coefficient (Wildman–Crippen LogP) is 5.76. The molecule has 2 N–H and O–H groups in total. The predicted molar refractivity (Wildman–Crippen MR) is 150 cm³/mol. The molecule has 1 saturated carbocycles. The number of carbonyl (C=O) groups excluding carboxylic acids is 3. The van der Waals surface area contributed by atoms with Crippen molar-refractivity contribution in [2.45, 2.75) is 78.1 Å². The molecule has 0 bridgehead atoms. The third-order valence-electron chi connectivity index (χ3n) is 6.21. The van der Waals surface area contributed by atoms with E-state index in [2.05, 4.69) is 23.3 Å². The Morgan fingerprint density at radius 1 is 1.08 bits per heavy atom. The Labute approximate surface area is 229 Å². The van der Waals surface area contributed by atoms with Crippen LogP contribution in [0.4, 0.5) is 10.5 Å². The Balaban J connectivity index is 2.01. The van der Waals surface area contributed by atoms with E-state index in [0.717, 1.165) is 29.5 Å². The van der Waals surface area contributed by atoms with Gasteiger partial charge in [0.05, 0.1) is 10.7 Å². The van der Waals surface area contributed by atoms with Crippen molar-refractivity contribution >= 4 is 47.8 Å². The fraction of sp³-hybridized carbons (Fsp3) is 0.464. The first-order chi connectivity index (χ1) is 17.3. The number of nitrogens with zero attached hydrogens (tertiary/aromatic N) is 1. The van der Waals surface area contributed by atoms with Crippen LogP contribution in [0.15, 0.2) is 36.4 Å². The molecule has 2 unspecified atom stereocenters. The average Bonchev–Trinajstić information content (AvgIpc) is 3.63. The number of amides is 3. The van der Waals surface area contributed by atoms with E-state index in [-0.39, 0.29) is 17.7 Å². The van der Waals surface area contributed by atoms with E-state index in [1.807, 2.05) is 51.1 Å². The van der Waals surface area contributed by atoms with E-state index in [9.17, 15) is 14.4 Å². The highest BCUT2D eigenvalue weighted by Crippen LogP contribution is 2.37. The van der Waals surface area contributed by atoms with Crippen LogP contribution >= 0.6 is 24.2 Å². The number of alkyl carbamates (subject to hydrolysis) is 1. The number of para-hydroxylation sites is 1. The van der Waals surface area contributed by atoms with Gasteiger partial charge in [0.25, 0.3) is 5.91 Å². The van der Waals surface area contributed by atoms with Gasteiger partial charge in [-0.15, -0.1) is 0 Å². The number of halogens is 1. The molecule has 0 saturated heterocycles. The van der Waals surface area contributed by atoms with Crippen LogP contribution in [-0.4, -0.2) is 46.2 Å². The van der Waals surface area contributed by atoms with E-state index in [0.29, 0.717) is 16.3 Å². The number of benzene rings is 2. The first-order valence-electron chi connectivity index (χ1n) is 12.4. The van der Waals surface area contributed by atoms with Crippen LogP contribution < -0.4 is 10.6 Å². The molecular weight excluding hydrogens is 510 g/mol. The Bertz CT molecular complexity index is 1160. The van der Waals surface area contributed by atoms with Crippen LogP contribution in [-0.2, 0) is 14.3 Å². The monoisotopic (exact) mass is 545 g/mol. The fourth-order valence-corrected chi connectivity index (χ4v) is 4.56. The summed E-state index contributed by atoms with van der Waals surface area (Å²) in [6, 6.07) is 9.08. The quantitative estimate of drug-likeness (QED) is 0.368. The Morgan fingerprint density at radius 2 is 1.76 bits per heavy atom. The van der Waals surface area contributed by atoms with Crippen molar-refractivity contribution < 1.29 is 19.1 Å². The number of carbonyl (C=O) groups is 3. The maximum absolute atomic E-state index is 13.9. The number of aryl methyl sites for hydroxylation is 3. The van der Waals surface area contributed by atoms with Gasteiger partial charge in [-0.1, -0.05) is 41.9 Å². The van der Waals surface area contributed by atoms with Gasteiger partial charge in [-0.2, -0.15) is 12.6 Å². The van der Waals surface area contributed by atoms with Crippen LogP contribution in [0, 0.1) is 20.8 Å². The Hall–Kier alpha value is -2.71. The maximum Gasteiger partial charge on any atom is 0.408 e. The van der Waals surface area contributed by atoms with Crippen molar-refractivity contribution in [3.8, 4) is 0 Å². The molecule has 2 aromatic carbocycles. The van der Waals surface area contributed by atoms with Gasteiger partial charge in [0, 0.05) is 11.8 Å². The molecular formula is C28H36ClN3O4S. The average molecular weight is 546 g/mol. The largest absolute Gasteiger partial charge is 0.444 e. The SMILES string of the molecule is Cc1ccc(C(C(=O)Nc2c(C)cccc2Cl)N(C(=O)C(CS)NC(=O)OC(C)(C)C)C2CC2)cc1C. The summed E-state index contributed by atoms with van der Waals surface area (Å²) in [6.07, 6.45) is 0.809. The highest BCUT2D eigenvalue weighted by Gasteiger charge is 2.44. The summed E-state index contributed by atoms with van der Waals surface area (Å²) in [5.74, 6) is -0.723. The van der Waals surface area contributed by atoms with Gasteiger partial charge in [-0.05, 0) is 82.7 Å². The summed E-state index contributed by atoms with van der Waals surface area (Å²) in [5, 5.41) is 6.01. The van der Waals surface area contributed by atoms with Crippen LogP contribution in [0.1, 0.15) is 61.9 Å². The van der Waals surface area contributed by atoms with Gasteiger partial charge in [-0.3, -0.25) is 9.59 Å². The first kappa shape index (κ1) is 28.9. The van der Waals surface area contributed by atoms with Crippen molar-refractivity contribution in [3.63, 3.8) is 0 Å². The third-order valence-corrected chi connectivity index (χ3v) is 6.89. The number of hydrogen-bond donors (Lipinski definition) is 3. The fourth-order valence-electron chi connectivity index (χ4n) is 4.04. The van der Waals surface area contributed by atoms with E-state index < -0.39 is 29.7 Å². The maximum atomic E-state index is 13.9. The van der Waals surface area contributed by atoms with Gasteiger partial charge in [-0.25, -0.2) is 4.79 Å². The molecule has 0 aromatic heterocycles. The molecule has 3 amide bonds. The van der Waals surface area contributed by atoms with Gasteiger partial charge < -0.3 is 20.3 Å². The summed E-state index contributed by atoms with van der Waals surface area (Å²) in [4.78, 5) is 41.9. The molecule has 7 nitrogen and oxygen atoms in total. The third kappa shape index (κ3) is 7.42. The lowest BCUT2D eigenvalue weighted by atomic mass is 9.98. The summed E-state index contributed by atoms with van der Waals surface area (Å²) >= 11 is 10.7. The zero-order valence-electron chi connectivity index (χ0n) is 22.2. The van der Waals surface area contributed by atoms with Crippen molar-refractivity contribution in [3.05, 3.63) is 63.7 Å². The zero-order chi connectivity index (χ0) is 27.5. The van der Waals surface area contributed by atoms with E-state index in [1.165, 1.54) is 0 Å². The standard InChI is InChI=1S/C28H36ClN3O4S/c1-16-10-11-19(14-18(16)3)24(25(33)31-23-17(2)8-7-9-21(23)29)32(20-12-13-20)26(34)22(15-37)30-27(35)36-28(4,5)6/h7-11,14,20,22,24,37H,12-13,15H2,1-6H3,(H,30,35)(H,31,33). The molecule has 0 radical (unpaired) electrons. The highest BCUT2D eigenvalue weighted by molar-refractivity contribution is 7.80. The highest BCUT2D eigenvalue weighted by atomic mass is 35.5. The molecule has 0 spiro atoms. The molecule has 2 atom stereocenters. The van der Waals surface area contributed by atoms with Crippen molar-refractivity contribution in [1.29, 1.82) is 0 Å². The summed E-state index contributed by atoms with van der Waals surface area (Å²) in [7, 11) is 0. The number of nitrogens with one attached hydrogen (secondary N) is 2. The summed E-state index contributed by atoms with van der Waals surface area (Å²) in [5.41, 5.74) is 3.35. The van der Waals surface area contributed by atoms with Gasteiger partial charge >= 0.3 is 6.09 Å². The van der Waals surface area contributed by atoms with Crippen LogP contribution in [0.2, 0.25) is 5.02 Å². The van der Waals surface area contributed by atoms with Gasteiger partial charge in [0.2, 0.25) is 5.91 Å². The molecule has 37 heavy (non-hydrogen) atoms. The smallest absolute Gasteiger partial charge is 0.408 e. The second-order valence-electron chi connectivity index (χ2n) is 10.5. The molecule has 1 aliphatic carbocycles. The minimum absolute atomic E-state index is 0.0478. The number of ether oxygens (including phenoxy) is 1. The van der Waals surface area contributed by atoms with Crippen LogP contribution in [0.5, 0.6) is 0 Å². The molecule has 1 fully saturated rings. The van der Waals surface area contributed by atoms with Gasteiger partial charge in [0.1, 0.15) is 17.7 Å². The van der Waals surface area contributed by atoms with E-state index in [1.54, 1.807) is 31.7 Å². The minimum Gasteiger partial charge on any atom is -0.444 e. The molecule has 9 heteroatoms. The van der Waals surface area contributed by atoms with Crippen LogP contribution in [0.3, 0.4) is 0 Å². The lowest BCUT2D eigenvalue weighted by Gasteiger charge is -2.34. The minimum atomic E-state index is -0.970. The second-order valence-corrected chi connectivity index (χ2v) is 11.3. The molecule has 0 aliphatic heterocycles. The topological polar surface area (TPSA) is 87.7 Å². The first-order valence-corrected chi connectivity index (χ1v) is 13.4. The lowest BCUT2D eigenvalue weighted by molar-refractivity contribution is -0.141. The number of rotatable bonds is 8.